The normalized spacial score (nSPS) is 9.88. The maximum atomic E-state index is 13.1. The van der Waals surface area contributed by atoms with Crippen molar-refractivity contribution in [3.8, 4) is 0 Å². The number of nitrogens with two attached hydrogens (primary N) is 1. The van der Waals surface area contributed by atoms with E-state index in [0.29, 0.717) is 0 Å². The molecule has 6 heteroatoms. The smallest absolute Gasteiger partial charge is 0.252 e. The minimum atomic E-state index is -0.512. The summed E-state index contributed by atoms with van der Waals surface area (Å²) < 4.78 is 13.2. The number of halogens is 2. The van der Waals surface area contributed by atoms with Crippen molar-refractivity contribution >= 4 is 27.7 Å². The molecule has 0 aliphatic heterocycles. The van der Waals surface area contributed by atoms with Crippen LogP contribution in [0.25, 0.3) is 0 Å². The summed E-state index contributed by atoms with van der Waals surface area (Å²) in [6.07, 6.45) is 0.0542. The highest BCUT2D eigenvalue weighted by atomic mass is 79.9. The summed E-state index contributed by atoms with van der Waals surface area (Å²) in [4.78, 5) is 22.0. The Kier molecular flexibility index (Phi) is 4.42. The molecule has 1 aromatic carbocycles. The highest BCUT2D eigenvalue weighted by molar-refractivity contribution is 9.10. The molecule has 16 heavy (non-hydrogen) atoms. The van der Waals surface area contributed by atoms with Gasteiger partial charge in [0.25, 0.3) is 5.91 Å². The molecule has 0 atom stereocenters. The van der Waals surface area contributed by atoms with Crippen molar-refractivity contribution in [2.24, 2.45) is 5.73 Å². The van der Waals surface area contributed by atoms with Gasteiger partial charge >= 0.3 is 0 Å². The monoisotopic (exact) mass is 288 g/mol. The van der Waals surface area contributed by atoms with Crippen LogP contribution >= 0.6 is 15.9 Å². The molecule has 0 aliphatic rings. The molecule has 0 radical (unpaired) electrons. The van der Waals surface area contributed by atoms with Crippen molar-refractivity contribution in [3.05, 3.63) is 34.1 Å². The Morgan fingerprint density at radius 2 is 2.12 bits per heavy atom. The molecule has 4 nitrogen and oxygen atoms in total. The van der Waals surface area contributed by atoms with Gasteiger partial charge in [-0.05, 0) is 28.1 Å². The number of primary amides is 1. The zero-order chi connectivity index (χ0) is 12.1. The topological polar surface area (TPSA) is 72.2 Å². The molecule has 2 amide bonds. The average Bonchev–Trinajstić information content (AvgIpc) is 2.21. The lowest BCUT2D eigenvalue weighted by Crippen LogP contribution is -2.28. The Labute approximate surface area is 100 Å². The van der Waals surface area contributed by atoms with E-state index < -0.39 is 17.6 Å². The molecular weight excluding hydrogens is 279 g/mol. The number of amides is 2. The summed E-state index contributed by atoms with van der Waals surface area (Å²) in [5.74, 6) is -1.46. The van der Waals surface area contributed by atoms with E-state index in [0.717, 1.165) is 0 Å². The van der Waals surface area contributed by atoms with E-state index in [-0.39, 0.29) is 23.0 Å². The van der Waals surface area contributed by atoms with Crippen LogP contribution in [0.3, 0.4) is 0 Å². The van der Waals surface area contributed by atoms with Gasteiger partial charge in [0.05, 0.1) is 10.0 Å². The third-order valence-corrected chi connectivity index (χ3v) is 2.66. The minimum absolute atomic E-state index is 0.0542. The average molecular weight is 289 g/mol. The third-order valence-electron chi connectivity index (χ3n) is 1.85. The largest absolute Gasteiger partial charge is 0.370 e. The van der Waals surface area contributed by atoms with Gasteiger partial charge in [0, 0.05) is 13.0 Å². The standard InChI is InChI=1S/C10H10BrFN2O2/c11-9-6(2-1-3-7(9)12)10(16)14-5-4-8(13)15/h1-3H,4-5H2,(H2,13,15)(H,14,16). The van der Waals surface area contributed by atoms with Crippen molar-refractivity contribution in [1.29, 1.82) is 0 Å². The van der Waals surface area contributed by atoms with Crippen molar-refractivity contribution < 1.29 is 14.0 Å². The van der Waals surface area contributed by atoms with E-state index in [9.17, 15) is 14.0 Å². The number of rotatable bonds is 4. The molecule has 1 aromatic rings. The Morgan fingerprint density at radius 3 is 2.75 bits per heavy atom. The maximum absolute atomic E-state index is 13.1. The Bertz CT molecular complexity index is 423. The van der Waals surface area contributed by atoms with Gasteiger partial charge in [-0.3, -0.25) is 9.59 Å². The van der Waals surface area contributed by atoms with Gasteiger partial charge in [-0.25, -0.2) is 4.39 Å². The van der Waals surface area contributed by atoms with Crippen molar-refractivity contribution in [2.45, 2.75) is 6.42 Å². The number of benzene rings is 1. The molecule has 0 aromatic heterocycles. The molecule has 0 heterocycles. The molecule has 0 saturated heterocycles. The lowest BCUT2D eigenvalue weighted by molar-refractivity contribution is -0.117. The maximum Gasteiger partial charge on any atom is 0.252 e. The van der Waals surface area contributed by atoms with Gasteiger partial charge < -0.3 is 11.1 Å². The molecule has 3 N–H and O–H groups in total. The van der Waals surface area contributed by atoms with E-state index in [1.54, 1.807) is 0 Å². The molecule has 0 bridgehead atoms. The first-order valence-corrected chi connectivity index (χ1v) is 5.32. The zero-order valence-corrected chi connectivity index (χ0v) is 9.88. The fourth-order valence-electron chi connectivity index (χ4n) is 1.07. The van der Waals surface area contributed by atoms with E-state index in [1.807, 2.05) is 0 Å². The van der Waals surface area contributed by atoms with Crippen LogP contribution < -0.4 is 11.1 Å². The van der Waals surface area contributed by atoms with Crippen LogP contribution in [0.15, 0.2) is 22.7 Å². The molecule has 1 rings (SSSR count). The fraction of sp³-hybridized carbons (Fsp3) is 0.200. The molecule has 0 spiro atoms. The predicted octanol–water partition coefficient (Wildman–Crippen LogP) is 1.19. The number of hydrogen-bond donors (Lipinski definition) is 2. The summed E-state index contributed by atoms with van der Waals surface area (Å²) in [6, 6.07) is 4.15. The van der Waals surface area contributed by atoms with Gasteiger partial charge in [0.1, 0.15) is 5.82 Å². The van der Waals surface area contributed by atoms with E-state index in [4.69, 9.17) is 5.73 Å². The second-order valence-corrected chi connectivity index (χ2v) is 3.87. The van der Waals surface area contributed by atoms with Crippen LogP contribution in [0.1, 0.15) is 16.8 Å². The molecule has 0 fully saturated rings. The first-order valence-electron chi connectivity index (χ1n) is 4.53. The summed E-state index contributed by atoms with van der Waals surface area (Å²) >= 11 is 2.97. The van der Waals surface area contributed by atoms with Crippen LogP contribution in [0, 0.1) is 5.82 Å². The van der Waals surface area contributed by atoms with Gasteiger partial charge in [0.2, 0.25) is 5.91 Å². The van der Waals surface area contributed by atoms with Crippen LogP contribution in [-0.2, 0) is 4.79 Å². The van der Waals surface area contributed by atoms with Crippen LogP contribution in [0.5, 0.6) is 0 Å². The highest BCUT2D eigenvalue weighted by Gasteiger charge is 2.12. The fourth-order valence-corrected chi connectivity index (χ4v) is 1.52. The van der Waals surface area contributed by atoms with Gasteiger partial charge in [0.15, 0.2) is 0 Å². The van der Waals surface area contributed by atoms with Crippen molar-refractivity contribution in [3.63, 3.8) is 0 Å². The second kappa shape index (κ2) is 5.60. The molecule has 0 aliphatic carbocycles. The number of carbonyl (C=O) groups excluding carboxylic acids is 2. The summed E-state index contributed by atoms with van der Waals surface area (Å²) in [6.45, 7) is 0.136. The van der Waals surface area contributed by atoms with Gasteiger partial charge in [-0.2, -0.15) is 0 Å². The Balaban J connectivity index is 2.66. The SMILES string of the molecule is NC(=O)CCNC(=O)c1cccc(F)c1Br. The van der Waals surface area contributed by atoms with Crippen molar-refractivity contribution in [1.82, 2.24) is 5.32 Å². The summed E-state index contributed by atoms with van der Waals surface area (Å²) in [5.41, 5.74) is 5.10. The van der Waals surface area contributed by atoms with Crippen molar-refractivity contribution in [2.75, 3.05) is 6.54 Å². The number of carbonyl (C=O) groups is 2. The number of hydrogen-bond acceptors (Lipinski definition) is 2. The second-order valence-electron chi connectivity index (χ2n) is 3.07. The van der Waals surface area contributed by atoms with Gasteiger partial charge in [-0.1, -0.05) is 6.07 Å². The minimum Gasteiger partial charge on any atom is -0.370 e. The van der Waals surface area contributed by atoms with Crippen LogP contribution in [0.2, 0.25) is 0 Å². The van der Waals surface area contributed by atoms with E-state index in [2.05, 4.69) is 21.2 Å². The van der Waals surface area contributed by atoms with Crippen LogP contribution in [-0.4, -0.2) is 18.4 Å². The molecule has 86 valence electrons. The third kappa shape index (κ3) is 3.30. The Hall–Kier alpha value is -1.43. The summed E-state index contributed by atoms with van der Waals surface area (Å²) in [5, 5.41) is 2.46. The Morgan fingerprint density at radius 1 is 1.44 bits per heavy atom. The first kappa shape index (κ1) is 12.6. The first-order chi connectivity index (χ1) is 7.52. The quantitative estimate of drug-likeness (QED) is 0.874. The van der Waals surface area contributed by atoms with E-state index in [1.165, 1.54) is 18.2 Å². The lowest BCUT2D eigenvalue weighted by atomic mass is 10.2. The van der Waals surface area contributed by atoms with E-state index >= 15 is 0 Å². The molecular formula is C10H10BrFN2O2. The predicted molar refractivity (Wildman–Crippen MR) is 60.2 cm³/mol. The zero-order valence-electron chi connectivity index (χ0n) is 8.30. The van der Waals surface area contributed by atoms with Crippen LogP contribution in [0.4, 0.5) is 4.39 Å². The highest BCUT2D eigenvalue weighted by Crippen LogP contribution is 2.19. The molecule has 0 unspecified atom stereocenters. The number of nitrogens with one attached hydrogen (secondary N) is 1. The van der Waals surface area contributed by atoms with Gasteiger partial charge in [-0.15, -0.1) is 0 Å². The summed E-state index contributed by atoms with van der Waals surface area (Å²) in [7, 11) is 0. The molecule has 0 saturated carbocycles. The lowest BCUT2D eigenvalue weighted by Gasteiger charge is -2.06.